The monoisotopic (exact) mass is 383 g/mol. The fourth-order valence-electron chi connectivity index (χ4n) is 4.47. The lowest BCUT2D eigenvalue weighted by molar-refractivity contribution is 0.0813. The van der Waals surface area contributed by atoms with Crippen LogP contribution in [0.5, 0.6) is 5.75 Å². The molecule has 2 saturated carbocycles. The third kappa shape index (κ3) is 6.69. The molecule has 0 aliphatic heterocycles. The second kappa shape index (κ2) is 11.4. The average Bonchev–Trinajstić information content (AvgIpc) is 2.65. The average molecular weight is 384 g/mol. The fourth-order valence-corrected chi connectivity index (χ4v) is 5.31. The lowest BCUT2D eigenvalue weighted by atomic mass is 9.88. The van der Waals surface area contributed by atoms with Crippen molar-refractivity contribution in [3.63, 3.8) is 0 Å². The van der Waals surface area contributed by atoms with Gasteiger partial charge in [0.2, 0.25) is 0 Å². The summed E-state index contributed by atoms with van der Waals surface area (Å²) < 4.78 is 0. The molecule has 3 rings (SSSR count). The summed E-state index contributed by atoms with van der Waals surface area (Å²) in [6.07, 6.45) is 15.7. The summed E-state index contributed by atoms with van der Waals surface area (Å²) in [7, 11) is 0. The van der Waals surface area contributed by atoms with Crippen molar-refractivity contribution in [1.82, 2.24) is 4.90 Å². The summed E-state index contributed by atoms with van der Waals surface area (Å²) in [4.78, 5) is 4.19. The van der Waals surface area contributed by atoms with Gasteiger partial charge in [0.25, 0.3) is 0 Å². The van der Waals surface area contributed by atoms with Crippen LogP contribution in [0.1, 0.15) is 70.6 Å². The minimum absolute atomic E-state index is 0. The molecule has 0 radical (unpaired) electrons. The normalized spacial score (nSPS) is 19.7. The molecule has 2 nitrogen and oxygen atoms in total. The van der Waals surface area contributed by atoms with Gasteiger partial charge in [-0.25, -0.2) is 0 Å². The van der Waals surface area contributed by atoms with Gasteiger partial charge in [-0.2, -0.15) is 0 Å². The van der Waals surface area contributed by atoms with E-state index in [1.54, 1.807) is 12.1 Å². The molecule has 1 aromatic carbocycles. The minimum Gasteiger partial charge on any atom is -0.508 e. The quantitative estimate of drug-likeness (QED) is 0.443. The van der Waals surface area contributed by atoms with E-state index in [0.29, 0.717) is 5.75 Å². The molecule has 2 aliphatic rings. The van der Waals surface area contributed by atoms with Crippen LogP contribution >= 0.6 is 24.2 Å². The topological polar surface area (TPSA) is 23.5 Å². The van der Waals surface area contributed by atoms with Crippen LogP contribution < -0.4 is 0 Å². The number of nitrogens with zero attached hydrogens (tertiary/aromatic N) is 1. The van der Waals surface area contributed by atoms with Crippen molar-refractivity contribution < 1.29 is 5.11 Å². The van der Waals surface area contributed by atoms with E-state index in [0.717, 1.165) is 12.1 Å². The van der Waals surface area contributed by atoms with Crippen molar-refractivity contribution in [3.8, 4) is 5.75 Å². The van der Waals surface area contributed by atoms with Gasteiger partial charge in [-0.1, -0.05) is 38.5 Å². The predicted octanol–water partition coefficient (Wildman–Crippen LogP) is 6.26. The van der Waals surface area contributed by atoms with Crippen LogP contribution in [0.4, 0.5) is 0 Å². The molecule has 0 aromatic heterocycles. The van der Waals surface area contributed by atoms with E-state index < -0.39 is 0 Å². The zero-order valence-corrected chi connectivity index (χ0v) is 17.0. The highest BCUT2D eigenvalue weighted by Gasteiger charge is 2.28. The van der Waals surface area contributed by atoms with E-state index >= 15 is 0 Å². The van der Waals surface area contributed by atoms with Gasteiger partial charge in [0.15, 0.2) is 0 Å². The standard InChI is InChI=1S/C21H33NOS.ClH/c23-20-12-14-21(15-13-20)24-17-7-16-22(18-8-3-1-4-9-18)19-10-5-2-6-11-19;/h12-15,18-19,23H,1-11,16-17H2;1H. The van der Waals surface area contributed by atoms with Crippen LogP contribution in [0.3, 0.4) is 0 Å². The number of rotatable bonds is 7. The highest BCUT2D eigenvalue weighted by atomic mass is 35.5. The van der Waals surface area contributed by atoms with Crippen molar-refractivity contribution in [3.05, 3.63) is 24.3 Å². The van der Waals surface area contributed by atoms with Gasteiger partial charge in [-0.05, 0) is 68.7 Å². The summed E-state index contributed by atoms with van der Waals surface area (Å²) in [5.74, 6) is 1.54. The third-order valence-corrected chi connectivity index (χ3v) is 6.85. The molecule has 0 amide bonds. The summed E-state index contributed by atoms with van der Waals surface area (Å²) in [6, 6.07) is 9.36. The largest absolute Gasteiger partial charge is 0.508 e. The van der Waals surface area contributed by atoms with Crippen LogP contribution in [0.2, 0.25) is 0 Å². The maximum absolute atomic E-state index is 9.37. The van der Waals surface area contributed by atoms with E-state index in [4.69, 9.17) is 0 Å². The first-order valence-electron chi connectivity index (χ1n) is 10.0. The Morgan fingerprint density at radius 3 is 1.88 bits per heavy atom. The first kappa shape index (κ1) is 20.9. The highest BCUT2D eigenvalue weighted by molar-refractivity contribution is 7.99. The second-order valence-electron chi connectivity index (χ2n) is 7.52. The first-order valence-corrected chi connectivity index (χ1v) is 11.0. The van der Waals surface area contributed by atoms with E-state index in [2.05, 4.69) is 4.90 Å². The molecule has 2 fully saturated rings. The van der Waals surface area contributed by atoms with Crippen molar-refractivity contribution >= 4 is 24.2 Å². The zero-order valence-electron chi connectivity index (χ0n) is 15.4. The minimum atomic E-state index is 0. The van der Waals surface area contributed by atoms with Crippen molar-refractivity contribution in [1.29, 1.82) is 0 Å². The van der Waals surface area contributed by atoms with Crippen LogP contribution in [-0.2, 0) is 0 Å². The molecule has 0 heterocycles. The van der Waals surface area contributed by atoms with Crippen LogP contribution in [0, 0.1) is 0 Å². The molecule has 25 heavy (non-hydrogen) atoms. The third-order valence-electron chi connectivity index (χ3n) is 5.75. The molecule has 142 valence electrons. The molecule has 2 aliphatic carbocycles. The van der Waals surface area contributed by atoms with Gasteiger partial charge in [-0.15, -0.1) is 24.2 Å². The maximum Gasteiger partial charge on any atom is 0.115 e. The smallest absolute Gasteiger partial charge is 0.115 e. The van der Waals surface area contributed by atoms with Gasteiger partial charge < -0.3 is 5.11 Å². The Hall–Kier alpha value is -0.380. The summed E-state index contributed by atoms with van der Waals surface area (Å²) in [5, 5.41) is 9.37. The van der Waals surface area contributed by atoms with Crippen molar-refractivity contribution in [2.45, 2.75) is 87.6 Å². The fraction of sp³-hybridized carbons (Fsp3) is 0.714. The van der Waals surface area contributed by atoms with Gasteiger partial charge in [-0.3, -0.25) is 4.90 Å². The Labute approximate surface area is 164 Å². The zero-order chi connectivity index (χ0) is 16.6. The Kier molecular flexibility index (Phi) is 9.51. The molecule has 0 saturated heterocycles. The van der Waals surface area contributed by atoms with Gasteiger partial charge in [0.05, 0.1) is 0 Å². The molecule has 0 unspecified atom stereocenters. The van der Waals surface area contributed by atoms with E-state index in [1.807, 2.05) is 23.9 Å². The second-order valence-corrected chi connectivity index (χ2v) is 8.69. The molecular formula is C21H34ClNOS. The number of benzene rings is 1. The first-order chi connectivity index (χ1) is 11.8. The SMILES string of the molecule is Cl.Oc1ccc(SCCCN(C2CCCCC2)C2CCCCC2)cc1. The number of hydrogen-bond donors (Lipinski definition) is 1. The van der Waals surface area contributed by atoms with E-state index in [9.17, 15) is 5.11 Å². The maximum atomic E-state index is 9.37. The lowest BCUT2D eigenvalue weighted by Gasteiger charge is -2.41. The number of phenols is 1. The predicted molar refractivity (Wildman–Crippen MR) is 111 cm³/mol. The molecule has 0 bridgehead atoms. The Bertz CT molecular complexity index is 451. The summed E-state index contributed by atoms with van der Waals surface area (Å²) >= 11 is 1.93. The van der Waals surface area contributed by atoms with E-state index in [-0.39, 0.29) is 12.4 Å². The van der Waals surface area contributed by atoms with E-state index in [1.165, 1.54) is 87.8 Å². The van der Waals surface area contributed by atoms with Crippen LogP contribution in [-0.4, -0.2) is 34.4 Å². The molecule has 0 spiro atoms. The molecule has 0 atom stereocenters. The van der Waals surface area contributed by atoms with Crippen LogP contribution in [0.15, 0.2) is 29.2 Å². The van der Waals surface area contributed by atoms with Crippen molar-refractivity contribution in [2.75, 3.05) is 12.3 Å². The number of phenolic OH excluding ortho intramolecular Hbond substituents is 1. The van der Waals surface area contributed by atoms with Crippen molar-refractivity contribution in [2.24, 2.45) is 0 Å². The van der Waals surface area contributed by atoms with Gasteiger partial charge >= 0.3 is 0 Å². The Morgan fingerprint density at radius 1 is 0.840 bits per heavy atom. The number of halogens is 1. The molecular weight excluding hydrogens is 350 g/mol. The number of hydrogen-bond acceptors (Lipinski definition) is 3. The molecule has 1 aromatic rings. The van der Waals surface area contributed by atoms with Gasteiger partial charge in [0, 0.05) is 17.0 Å². The number of aromatic hydroxyl groups is 1. The molecule has 4 heteroatoms. The van der Waals surface area contributed by atoms with Crippen LogP contribution in [0.25, 0.3) is 0 Å². The highest BCUT2D eigenvalue weighted by Crippen LogP contribution is 2.30. The van der Waals surface area contributed by atoms with Gasteiger partial charge in [0.1, 0.15) is 5.75 Å². The Balaban J connectivity index is 0.00000225. The summed E-state index contributed by atoms with van der Waals surface area (Å²) in [5.41, 5.74) is 0. The summed E-state index contributed by atoms with van der Waals surface area (Å²) in [6.45, 7) is 1.28. The lowest BCUT2D eigenvalue weighted by Crippen LogP contribution is -2.45. The Morgan fingerprint density at radius 2 is 1.36 bits per heavy atom. The molecule has 1 N–H and O–H groups in total. The number of thioether (sulfide) groups is 1.